The van der Waals surface area contributed by atoms with E-state index in [2.05, 4.69) is 17.4 Å². The second-order valence-corrected chi connectivity index (χ2v) is 7.72. The lowest BCUT2D eigenvalue weighted by Gasteiger charge is -2.39. The Morgan fingerprint density at radius 3 is 2.58 bits per heavy atom. The molecule has 2 saturated carbocycles. The Bertz CT molecular complexity index is 516. The minimum atomic E-state index is 0.0361. The van der Waals surface area contributed by atoms with E-state index >= 15 is 0 Å². The number of benzene rings is 1. The number of amides is 1. The van der Waals surface area contributed by atoms with Crippen molar-refractivity contribution in [2.45, 2.75) is 63.8 Å². The van der Waals surface area contributed by atoms with Crippen LogP contribution in [-0.2, 0) is 11.2 Å². The van der Waals surface area contributed by atoms with E-state index in [-0.39, 0.29) is 24.5 Å². The third-order valence-electron chi connectivity index (χ3n) is 6.06. The van der Waals surface area contributed by atoms with E-state index in [1.165, 1.54) is 37.7 Å². The van der Waals surface area contributed by atoms with E-state index in [0.717, 1.165) is 31.1 Å². The van der Waals surface area contributed by atoms with Gasteiger partial charge in [0.05, 0.1) is 0 Å². The van der Waals surface area contributed by atoms with Crippen LogP contribution >= 0.6 is 0 Å². The number of aliphatic hydroxyl groups excluding tert-OH is 1. The van der Waals surface area contributed by atoms with Crippen LogP contribution in [-0.4, -0.2) is 23.7 Å². The van der Waals surface area contributed by atoms with E-state index in [1.54, 1.807) is 0 Å². The lowest BCUT2D eigenvalue weighted by Crippen LogP contribution is -2.43. The number of nitrogens with one attached hydrogen (secondary N) is 1. The highest BCUT2D eigenvalue weighted by molar-refractivity contribution is 5.79. The van der Waals surface area contributed by atoms with Crippen molar-refractivity contribution in [2.75, 3.05) is 6.61 Å². The van der Waals surface area contributed by atoms with Crippen LogP contribution in [0.2, 0.25) is 0 Å². The summed E-state index contributed by atoms with van der Waals surface area (Å²) in [5, 5.41) is 12.6. The molecule has 3 nitrogen and oxygen atoms in total. The standard InChI is InChI=1S/C21H31NO2/c23-13-12-20(14-16-6-2-1-3-7-16)22-21(24)19-11-10-17-8-4-5-9-18(17)15-19/h1-3,6-7,17-20,23H,4-5,8-15H2,(H,22,24)/t17-,18-,19-,20-/m1/s1. The predicted octanol–water partition coefficient (Wildman–Crippen LogP) is 3.70. The second-order valence-electron chi connectivity index (χ2n) is 7.72. The number of rotatable bonds is 6. The molecule has 1 amide bonds. The average molecular weight is 329 g/mol. The molecule has 24 heavy (non-hydrogen) atoms. The van der Waals surface area contributed by atoms with Gasteiger partial charge in [0, 0.05) is 18.6 Å². The highest BCUT2D eigenvalue weighted by atomic mass is 16.3. The third kappa shape index (κ3) is 4.60. The summed E-state index contributed by atoms with van der Waals surface area (Å²) in [6.07, 6.45) is 10.2. The van der Waals surface area contributed by atoms with Crippen LogP contribution in [0.1, 0.15) is 56.9 Å². The largest absolute Gasteiger partial charge is 0.396 e. The first kappa shape index (κ1) is 17.5. The number of carbonyl (C=O) groups excluding carboxylic acids is 1. The quantitative estimate of drug-likeness (QED) is 0.836. The van der Waals surface area contributed by atoms with Gasteiger partial charge in [0.2, 0.25) is 5.91 Å². The summed E-state index contributed by atoms with van der Waals surface area (Å²) < 4.78 is 0. The molecule has 0 aliphatic heterocycles. The van der Waals surface area contributed by atoms with Gasteiger partial charge >= 0.3 is 0 Å². The molecule has 3 heteroatoms. The van der Waals surface area contributed by atoms with Crippen molar-refractivity contribution >= 4 is 5.91 Å². The van der Waals surface area contributed by atoms with E-state index in [9.17, 15) is 9.90 Å². The van der Waals surface area contributed by atoms with Gasteiger partial charge < -0.3 is 10.4 Å². The van der Waals surface area contributed by atoms with Crippen molar-refractivity contribution in [2.24, 2.45) is 17.8 Å². The SMILES string of the molecule is O=C(N[C@H](CCO)Cc1ccccc1)[C@@H]1CC[C@H]2CCCC[C@@H]2C1. The first-order valence-electron chi connectivity index (χ1n) is 9.71. The molecule has 132 valence electrons. The molecule has 4 atom stereocenters. The van der Waals surface area contributed by atoms with Crippen molar-refractivity contribution < 1.29 is 9.90 Å². The highest BCUT2D eigenvalue weighted by Crippen LogP contribution is 2.42. The normalized spacial score (nSPS) is 28.0. The molecule has 2 fully saturated rings. The van der Waals surface area contributed by atoms with Gasteiger partial charge in [0.15, 0.2) is 0 Å². The number of aliphatic hydroxyl groups is 1. The highest BCUT2D eigenvalue weighted by Gasteiger charge is 2.35. The maximum absolute atomic E-state index is 12.8. The summed E-state index contributed by atoms with van der Waals surface area (Å²) in [6.45, 7) is 0.118. The van der Waals surface area contributed by atoms with Gasteiger partial charge in [-0.15, -0.1) is 0 Å². The summed E-state index contributed by atoms with van der Waals surface area (Å²) in [5.41, 5.74) is 1.22. The van der Waals surface area contributed by atoms with Crippen LogP contribution in [0, 0.1) is 17.8 Å². The molecule has 2 aliphatic rings. The zero-order valence-electron chi connectivity index (χ0n) is 14.6. The monoisotopic (exact) mass is 329 g/mol. The molecule has 2 aliphatic carbocycles. The first-order valence-corrected chi connectivity index (χ1v) is 9.71. The van der Waals surface area contributed by atoms with Crippen LogP contribution in [0.15, 0.2) is 30.3 Å². The van der Waals surface area contributed by atoms with Crippen molar-refractivity contribution in [3.63, 3.8) is 0 Å². The summed E-state index contributed by atoms with van der Waals surface area (Å²) in [5.74, 6) is 2.05. The molecule has 0 spiro atoms. The van der Waals surface area contributed by atoms with Gasteiger partial charge in [-0.25, -0.2) is 0 Å². The number of fused-ring (bicyclic) bond motifs is 1. The van der Waals surface area contributed by atoms with E-state index in [4.69, 9.17) is 0 Å². The molecule has 1 aromatic rings. The van der Waals surface area contributed by atoms with Gasteiger partial charge in [0.1, 0.15) is 0 Å². The van der Waals surface area contributed by atoms with Crippen molar-refractivity contribution in [3.8, 4) is 0 Å². The Morgan fingerprint density at radius 1 is 1.08 bits per heavy atom. The minimum Gasteiger partial charge on any atom is -0.396 e. The van der Waals surface area contributed by atoms with E-state index in [1.807, 2.05) is 18.2 Å². The molecule has 3 rings (SSSR count). The minimum absolute atomic E-state index is 0.0361. The summed E-state index contributed by atoms with van der Waals surface area (Å²) >= 11 is 0. The predicted molar refractivity (Wildman–Crippen MR) is 96.6 cm³/mol. The van der Waals surface area contributed by atoms with E-state index in [0.29, 0.717) is 6.42 Å². The first-order chi connectivity index (χ1) is 11.8. The Balaban J connectivity index is 1.55. The zero-order chi connectivity index (χ0) is 16.8. The maximum Gasteiger partial charge on any atom is 0.223 e. The van der Waals surface area contributed by atoms with Crippen LogP contribution < -0.4 is 5.32 Å². The fraction of sp³-hybridized carbons (Fsp3) is 0.667. The summed E-state index contributed by atoms with van der Waals surface area (Å²) in [7, 11) is 0. The van der Waals surface area contributed by atoms with Gasteiger partial charge in [-0.3, -0.25) is 4.79 Å². The Kier molecular flexibility index (Phi) is 6.30. The fourth-order valence-electron chi connectivity index (χ4n) is 4.71. The van der Waals surface area contributed by atoms with Gasteiger partial charge in [-0.2, -0.15) is 0 Å². The number of hydrogen-bond acceptors (Lipinski definition) is 2. The molecule has 1 aromatic carbocycles. The molecular formula is C21H31NO2. The molecule has 0 aromatic heterocycles. The molecule has 0 bridgehead atoms. The van der Waals surface area contributed by atoms with Crippen LogP contribution in [0.5, 0.6) is 0 Å². The molecule has 0 saturated heterocycles. The maximum atomic E-state index is 12.8. The fourth-order valence-corrected chi connectivity index (χ4v) is 4.71. The van der Waals surface area contributed by atoms with Gasteiger partial charge in [-0.05, 0) is 49.5 Å². The van der Waals surface area contributed by atoms with Crippen molar-refractivity contribution in [1.29, 1.82) is 0 Å². The lowest BCUT2D eigenvalue weighted by atomic mass is 9.67. The Labute approximate surface area is 145 Å². The topological polar surface area (TPSA) is 49.3 Å². The molecule has 0 radical (unpaired) electrons. The van der Waals surface area contributed by atoms with Gasteiger partial charge in [0.25, 0.3) is 0 Å². The number of carbonyl (C=O) groups is 1. The van der Waals surface area contributed by atoms with Gasteiger partial charge in [-0.1, -0.05) is 56.0 Å². The Morgan fingerprint density at radius 2 is 1.83 bits per heavy atom. The Hall–Kier alpha value is -1.35. The lowest BCUT2D eigenvalue weighted by molar-refractivity contribution is -0.128. The van der Waals surface area contributed by atoms with E-state index < -0.39 is 0 Å². The molecule has 2 N–H and O–H groups in total. The van der Waals surface area contributed by atoms with Crippen LogP contribution in [0.3, 0.4) is 0 Å². The molecule has 0 heterocycles. The molecular weight excluding hydrogens is 298 g/mol. The average Bonchev–Trinajstić information content (AvgIpc) is 2.62. The molecule has 0 unspecified atom stereocenters. The summed E-state index contributed by atoms with van der Waals surface area (Å²) in [4.78, 5) is 12.8. The summed E-state index contributed by atoms with van der Waals surface area (Å²) in [6, 6.07) is 10.3. The van der Waals surface area contributed by atoms with Crippen molar-refractivity contribution in [3.05, 3.63) is 35.9 Å². The number of hydrogen-bond donors (Lipinski definition) is 2. The van der Waals surface area contributed by atoms with Crippen LogP contribution in [0.25, 0.3) is 0 Å². The third-order valence-corrected chi connectivity index (χ3v) is 6.06. The second kappa shape index (κ2) is 8.66. The zero-order valence-corrected chi connectivity index (χ0v) is 14.6. The smallest absolute Gasteiger partial charge is 0.223 e. The van der Waals surface area contributed by atoms with Crippen LogP contribution in [0.4, 0.5) is 0 Å². The van der Waals surface area contributed by atoms with Crippen molar-refractivity contribution in [1.82, 2.24) is 5.32 Å².